The number of carbonyl (C=O) groups excluding carboxylic acids is 2. The standard InChI is InChI=1S/C24H26F4N8O2S/c1-35-17(8-16(34-35)24(26,27)28)31-23-33-30-9-36(23)14-4-5-15-18(12(14)6-10-2-3-10)19(20(29)37)22(39-15)32-21(38)11-7-13(11)25/h8-14H,2-7H2,1H3,(H2,29,37)(H,31,33)(H,32,38)/t11-,12?,13+,14?/m1/s1. The molecule has 0 saturated heterocycles. The molecule has 4 N–H and O–H groups in total. The maximum Gasteiger partial charge on any atom is 0.435 e. The normalized spacial score (nSPS) is 24.3. The Bertz CT molecular complexity index is 1440. The van der Waals surface area contributed by atoms with Crippen molar-refractivity contribution in [2.75, 3.05) is 10.6 Å². The Morgan fingerprint density at radius 1 is 1.26 bits per heavy atom. The molecule has 0 radical (unpaired) electrons. The summed E-state index contributed by atoms with van der Waals surface area (Å²) in [5.41, 5.74) is 5.83. The number of rotatable bonds is 8. The SMILES string of the molecule is Cn1nc(C(F)(F)F)cc1Nc1nncn1C1CCc2sc(NC(=O)[C@@H]3C[C@@H]3F)c(C(N)=O)c2C1CC1CC1. The molecule has 0 bridgehead atoms. The van der Waals surface area contributed by atoms with E-state index in [4.69, 9.17) is 5.73 Å². The van der Waals surface area contributed by atoms with E-state index in [-0.39, 0.29) is 35.7 Å². The lowest BCUT2D eigenvalue weighted by molar-refractivity contribution is -0.141. The number of aromatic nitrogens is 5. The van der Waals surface area contributed by atoms with E-state index in [0.717, 1.165) is 40.5 Å². The maximum atomic E-state index is 13.5. The molecular weight excluding hydrogens is 540 g/mol. The summed E-state index contributed by atoms with van der Waals surface area (Å²) in [5.74, 6) is -1.22. The highest BCUT2D eigenvalue weighted by Gasteiger charge is 2.45. The van der Waals surface area contributed by atoms with Crippen LogP contribution in [0.25, 0.3) is 0 Å². The fourth-order valence-corrected chi connectivity index (χ4v) is 6.74. The van der Waals surface area contributed by atoms with Gasteiger partial charge in [0.2, 0.25) is 11.9 Å². The molecule has 15 heteroatoms. The second kappa shape index (κ2) is 9.31. The van der Waals surface area contributed by atoms with E-state index >= 15 is 0 Å². The van der Waals surface area contributed by atoms with Gasteiger partial charge in [-0.3, -0.25) is 18.8 Å². The summed E-state index contributed by atoms with van der Waals surface area (Å²) in [6, 6.07) is 0.682. The summed E-state index contributed by atoms with van der Waals surface area (Å²) in [6.07, 6.45) is 0.0272. The number of nitrogens with one attached hydrogen (secondary N) is 2. The van der Waals surface area contributed by atoms with Crippen molar-refractivity contribution in [3.63, 3.8) is 0 Å². The van der Waals surface area contributed by atoms with Crippen molar-refractivity contribution in [3.05, 3.63) is 34.1 Å². The second-order valence-electron chi connectivity index (χ2n) is 10.5. The van der Waals surface area contributed by atoms with Crippen LogP contribution < -0.4 is 16.4 Å². The molecule has 39 heavy (non-hydrogen) atoms. The number of hydrogen-bond acceptors (Lipinski definition) is 7. The van der Waals surface area contributed by atoms with Crippen LogP contribution >= 0.6 is 11.3 Å². The van der Waals surface area contributed by atoms with Crippen LogP contribution in [0.1, 0.15) is 70.6 Å². The number of amides is 2. The number of aryl methyl sites for hydroxylation is 2. The Morgan fingerprint density at radius 3 is 2.62 bits per heavy atom. The van der Waals surface area contributed by atoms with Crippen LogP contribution in [0.15, 0.2) is 12.4 Å². The summed E-state index contributed by atoms with van der Waals surface area (Å²) in [5, 5.41) is 17.7. The Balaban J connectivity index is 1.34. The zero-order valence-electron chi connectivity index (χ0n) is 20.8. The summed E-state index contributed by atoms with van der Waals surface area (Å²) >= 11 is 1.30. The predicted octanol–water partition coefficient (Wildman–Crippen LogP) is 4.30. The van der Waals surface area contributed by atoms with Crippen LogP contribution in [0, 0.1) is 11.8 Å². The molecule has 3 aromatic heterocycles. The van der Waals surface area contributed by atoms with Gasteiger partial charge in [-0.15, -0.1) is 21.5 Å². The molecule has 4 atom stereocenters. The van der Waals surface area contributed by atoms with Crippen molar-refractivity contribution < 1.29 is 27.2 Å². The minimum Gasteiger partial charge on any atom is -0.365 e. The van der Waals surface area contributed by atoms with Gasteiger partial charge in [-0.1, -0.05) is 12.8 Å². The van der Waals surface area contributed by atoms with E-state index in [2.05, 4.69) is 25.9 Å². The van der Waals surface area contributed by atoms with Crippen LogP contribution in [-0.4, -0.2) is 42.5 Å². The van der Waals surface area contributed by atoms with E-state index in [1.165, 1.54) is 24.7 Å². The van der Waals surface area contributed by atoms with Crippen molar-refractivity contribution in [1.82, 2.24) is 24.5 Å². The number of carbonyl (C=O) groups is 2. The first kappa shape index (κ1) is 25.8. The molecule has 0 aliphatic heterocycles. The predicted molar refractivity (Wildman–Crippen MR) is 133 cm³/mol. The Hall–Kier alpha value is -3.49. The highest BCUT2D eigenvalue weighted by Crippen LogP contribution is 2.53. The van der Waals surface area contributed by atoms with Gasteiger partial charge in [0.15, 0.2) is 5.69 Å². The first-order valence-corrected chi connectivity index (χ1v) is 13.5. The van der Waals surface area contributed by atoms with Crippen LogP contribution in [0.5, 0.6) is 0 Å². The number of nitrogens with zero attached hydrogens (tertiary/aromatic N) is 5. The molecule has 3 heterocycles. The van der Waals surface area contributed by atoms with Gasteiger partial charge in [-0.05, 0) is 37.2 Å². The number of primary amides is 1. The average Bonchev–Trinajstić information content (AvgIpc) is 3.67. The van der Waals surface area contributed by atoms with Gasteiger partial charge < -0.3 is 16.4 Å². The zero-order valence-corrected chi connectivity index (χ0v) is 21.7. The number of thiophene rings is 1. The third-order valence-corrected chi connectivity index (χ3v) is 8.86. The Kier molecular flexibility index (Phi) is 6.15. The largest absolute Gasteiger partial charge is 0.435 e. The first-order valence-electron chi connectivity index (χ1n) is 12.7. The number of alkyl halides is 4. The molecular formula is C24H26F4N8O2S. The van der Waals surface area contributed by atoms with Crippen LogP contribution in [0.2, 0.25) is 0 Å². The second-order valence-corrected chi connectivity index (χ2v) is 11.6. The third-order valence-electron chi connectivity index (χ3n) is 7.68. The quantitative estimate of drug-likeness (QED) is 0.348. The van der Waals surface area contributed by atoms with Crippen molar-refractivity contribution >= 4 is 39.9 Å². The topological polar surface area (TPSA) is 133 Å². The summed E-state index contributed by atoms with van der Waals surface area (Å²) in [6.45, 7) is 0. The number of hydrogen-bond donors (Lipinski definition) is 3. The van der Waals surface area contributed by atoms with E-state index in [0.29, 0.717) is 23.8 Å². The maximum absolute atomic E-state index is 13.5. The summed E-state index contributed by atoms with van der Waals surface area (Å²) < 4.78 is 55.9. The molecule has 0 aromatic carbocycles. The van der Waals surface area contributed by atoms with Crippen LogP contribution in [0.4, 0.5) is 34.3 Å². The summed E-state index contributed by atoms with van der Waals surface area (Å²) in [7, 11) is 1.40. The lowest BCUT2D eigenvalue weighted by atomic mass is 9.77. The van der Waals surface area contributed by atoms with Gasteiger partial charge in [-0.2, -0.15) is 18.3 Å². The molecule has 208 valence electrons. The van der Waals surface area contributed by atoms with Crippen LogP contribution in [-0.2, 0) is 24.4 Å². The van der Waals surface area contributed by atoms with Crippen molar-refractivity contribution in [2.45, 2.75) is 62.8 Å². The minimum atomic E-state index is -4.59. The lowest BCUT2D eigenvalue weighted by Gasteiger charge is -2.34. The molecule has 0 spiro atoms. The number of halogens is 4. The minimum absolute atomic E-state index is 0.0939. The van der Waals surface area contributed by atoms with E-state index < -0.39 is 35.8 Å². The average molecular weight is 567 g/mol. The zero-order chi connectivity index (χ0) is 27.6. The highest BCUT2D eigenvalue weighted by atomic mass is 32.1. The van der Waals surface area contributed by atoms with Crippen molar-refractivity contribution in [3.8, 4) is 0 Å². The number of anilines is 3. The van der Waals surface area contributed by atoms with Gasteiger partial charge >= 0.3 is 6.18 Å². The van der Waals surface area contributed by atoms with Crippen molar-refractivity contribution in [1.29, 1.82) is 0 Å². The fraction of sp³-hybridized carbons (Fsp3) is 0.542. The third kappa shape index (κ3) is 4.87. The molecule has 2 unspecified atom stereocenters. The number of nitrogens with two attached hydrogens (primary N) is 1. The molecule has 6 rings (SSSR count). The van der Waals surface area contributed by atoms with Crippen LogP contribution in [0.3, 0.4) is 0 Å². The summed E-state index contributed by atoms with van der Waals surface area (Å²) in [4.78, 5) is 26.2. The molecule has 2 amide bonds. The van der Waals surface area contributed by atoms with E-state index in [9.17, 15) is 27.2 Å². The van der Waals surface area contributed by atoms with Gasteiger partial charge in [0, 0.05) is 30.0 Å². The monoisotopic (exact) mass is 566 g/mol. The molecule has 3 aromatic rings. The lowest BCUT2D eigenvalue weighted by Crippen LogP contribution is -2.27. The Labute approximate surface area is 224 Å². The van der Waals surface area contributed by atoms with Gasteiger partial charge in [0.05, 0.1) is 11.5 Å². The van der Waals surface area contributed by atoms with Gasteiger partial charge in [0.1, 0.15) is 23.3 Å². The number of fused-ring (bicyclic) bond motifs is 1. The molecule has 3 aliphatic carbocycles. The van der Waals surface area contributed by atoms with E-state index in [1.54, 1.807) is 4.57 Å². The smallest absolute Gasteiger partial charge is 0.365 e. The van der Waals surface area contributed by atoms with Crippen molar-refractivity contribution in [2.24, 2.45) is 24.6 Å². The highest BCUT2D eigenvalue weighted by molar-refractivity contribution is 7.17. The first-order chi connectivity index (χ1) is 18.5. The molecule has 10 nitrogen and oxygen atoms in total. The van der Waals surface area contributed by atoms with Gasteiger partial charge in [0.25, 0.3) is 5.91 Å². The molecule has 2 fully saturated rings. The van der Waals surface area contributed by atoms with Gasteiger partial charge in [-0.25, -0.2) is 4.39 Å². The fourth-order valence-electron chi connectivity index (χ4n) is 5.45. The molecule has 3 aliphatic rings. The van der Waals surface area contributed by atoms with E-state index in [1.807, 2.05) is 0 Å². The Morgan fingerprint density at radius 2 is 2.00 bits per heavy atom. The molecule has 2 saturated carbocycles.